The number of aromatic nitrogens is 2. The van der Waals surface area contributed by atoms with E-state index >= 15 is 0 Å². The molecular formula is C22H21N3OS. The van der Waals surface area contributed by atoms with Crippen molar-refractivity contribution in [3.05, 3.63) is 76.9 Å². The minimum Gasteiger partial charge on any atom is -0.378 e. The van der Waals surface area contributed by atoms with Crippen LogP contribution in [0, 0.1) is 6.92 Å². The molecule has 136 valence electrons. The fourth-order valence-corrected chi connectivity index (χ4v) is 3.91. The Kier molecular flexibility index (Phi) is 4.54. The van der Waals surface area contributed by atoms with E-state index < -0.39 is 0 Å². The second kappa shape index (κ2) is 7.00. The van der Waals surface area contributed by atoms with Gasteiger partial charge in [0.1, 0.15) is 0 Å². The molecule has 0 aliphatic heterocycles. The van der Waals surface area contributed by atoms with Crippen LogP contribution in [-0.4, -0.2) is 29.3 Å². The van der Waals surface area contributed by atoms with Crippen molar-refractivity contribution >= 4 is 27.8 Å². The number of benzene rings is 2. The fourth-order valence-electron chi connectivity index (χ4n) is 3.06. The lowest BCUT2D eigenvalue weighted by Gasteiger charge is -2.12. The van der Waals surface area contributed by atoms with E-state index in [2.05, 4.69) is 27.9 Å². The lowest BCUT2D eigenvalue weighted by molar-refractivity contribution is 0.0993. The predicted octanol–water partition coefficient (Wildman–Crippen LogP) is 4.86. The molecule has 4 aromatic rings. The quantitative estimate of drug-likeness (QED) is 0.467. The average Bonchev–Trinajstić information content (AvgIpc) is 3.25. The van der Waals surface area contributed by atoms with Gasteiger partial charge in [-0.1, -0.05) is 24.3 Å². The summed E-state index contributed by atoms with van der Waals surface area (Å²) in [5.74, 6) is 0.131. The number of thiazole rings is 1. The highest BCUT2D eigenvalue weighted by molar-refractivity contribution is 7.15. The molecule has 27 heavy (non-hydrogen) atoms. The van der Waals surface area contributed by atoms with Gasteiger partial charge in [-0.25, -0.2) is 4.98 Å². The van der Waals surface area contributed by atoms with Crippen molar-refractivity contribution in [2.24, 2.45) is 0 Å². The summed E-state index contributed by atoms with van der Waals surface area (Å²) < 4.78 is 2.11. The van der Waals surface area contributed by atoms with Crippen LogP contribution in [0.1, 0.15) is 21.6 Å². The topological polar surface area (TPSA) is 37.6 Å². The van der Waals surface area contributed by atoms with Crippen molar-refractivity contribution in [1.29, 1.82) is 0 Å². The third-order valence-corrected chi connectivity index (χ3v) is 5.67. The van der Waals surface area contributed by atoms with Crippen LogP contribution < -0.4 is 4.90 Å². The summed E-state index contributed by atoms with van der Waals surface area (Å²) >= 11 is 1.65. The molecular weight excluding hydrogens is 354 g/mol. The summed E-state index contributed by atoms with van der Waals surface area (Å²) in [4.78, 5) is 20.2. The Labute approximate surface area is 162 Å². The highest BCUT2D eigenvalue weighted by Gasteiger charge is 2.10. The van der Waals surface area contributed by atoms with Gasteiger partial charge in [0, 0.05) is 54.6 Å². The van der Waals surface area contributed by atoms with E-state index in [1.807, 2.05) is 67.5 Å². The van der Waals surface area contributed by atoms with Gasteiger partial charge in [0.15, 0.2) is 10.7 Å². The third kappa shape index (κ3) is 3.51. The number of Topliss-reactive ketones (excluding diaryl/α,β-unsaturated/α-hetero) is 1. The molecule has 0 spiro atoms. The number of imidazole rings is 1. The molecule has 0 saturated carbocycles. The van der Waals surface area contributed by atoms with Crippen LogP contribution in [0.15, 0.2) is 60.1 Å². The SMILES string of the molecule is Cc1csc2nc(-c3ccc(CC(=O)c4ccc(N(C)C)cc4)cc3)cn12. The van der Waals surface area contributed by atoms with E-state index in [-0.39, 0.29) is 5.78 Å². The zero-order chi connectivity index (χ0) is 19.0. The molecule has 0 fully saturated rings. The third-order valence-electron chi connectivity index (χ3n) is 4.71. The normalized spacial score (nSPS) is 11.1. The number of fused-ring (bicyclic) bond motifs is 1. The molecule has 0 unspecified atom stereocenters. The van der Waals surface area contributed by atoms with Crippen molar-refractivity contribution in [2.45, 2.75) is 13.3 Å². The maximum atomic E-state index is 12.5. The Balaban J connectivity index is 1.49. The molecule has 0 aliphatic rings. The maximum absolute atomic E-state index is 12.5. The molecule has 2 aromatic heterocycles. The first-order chi connectivity index (χ1) is 13.0. The molecule has 0 radical (unpaired) electrons. The highest BCUT2D eigenvalue weighted by Crippen LogP contribution is 2.24. The van der Waals surface area contributed by atoms with E-state index in [0.717, 1.165) is 33.0 Å². The van der Waals surface area contributed by atoms with Crippen LogP contribution in [0.3, 0.4) is 0 Å². The second-order valence-corrected chi connectivity index (χ2v) is 7.73. The number of carbonyl (C=O) groups excluding carboxylic acids is 1. The number of carbonyl (C=O) groups is 1. The molecule has 0 amide bonds. The summed E-state index contributed by atoms with van der Waals surface area (Å²) in [6, 6.07) is 15.9. The van der Waals surface area contributed by atoms with E-state index in [1.165, 1.54) is 5.69 Å². The van der Waals surface area contributed by atoms with Gasteiger partial charge in [-0.05, 0) is 36.8 Å². The van der Waals surface area contributed by atoms with Gasteiger partial charge in [0.2, 0.25) is 0 Å². The molecule has 4 nitrogen and oxygen atoms in total. The van der Waals surface area contributed by atoms with E-state index in [1.54, 1.807) is 11.3 Å². The molecule has 0 aliphatic carbocycles. The fraction of sp³-hybridized carbons (Fsp3) is 0.182. The zero-order valence-corrected chi connectivity index (χ0v) is 16.5. The van der Waals surface area contributed by atoms with Crippen LogP contribution in [-0.2, 0) is 6.42 Å². The lowest BCUT2D eigenvalue weighted by Crippen LogP contribution is -2.09. The maximum Gasteiger partial charge on any atom is 0.194 e. The smallest absolute Gasteiger partial charge is 0.194 e. The number of anilines is 1. The Morgan fingerprint density at radius 1 is 1.07 bits per heavy atom. The number of hydrogen-bond acceptors (Lipinski definition) is 4. The van der Waals surface area contributed by atoms with E-state index in [0.29, 0.717) is 6.42 Å². The standard InChI is InChI=1S/C22H21N3OS/c1-15-14-27-22-23-20(13-25(15)22)17-6-4-16(5-7-17)12-21(26)18-8-10-19(11-9-18)24(2)3/h4-11,13-14H,12H2,1-3H3. The van der Waals surface area contributed by atoms with Gasteiger partial charge in [0.25, 0.3) is 0 Å². The molecule has 0 N–H and O–H groups in total. The van der Waals surface area contributed by atoms with Crippen molar-refractivity contribution in [1.82, 2.24) is 9.38 Å². The van der Waals surface area contributed by atoms with Crippen molar-refractivity contribution in [3.8, 4) is 11.3 Å². The second-order valence-electron chi connectivity index (χ2n) is 6.89. The van der Waals surface area contributed by atoms with Gasteiger partial charge in [0.05, 0.1) is 5.69 Å². The van der Waals surface area contributed by atoms with E-state index in [4.69, 9.17) is 0 Å². The predicted molar refractivity (Wildman–Crippen MR) is 112 cm³/mol. The Morgan fingerprint density at radius 3 is 2.41 bits per heavy atom. The van der Waals surface area contributed by atoms with Crippen molar-refractivity contribution in [3.63, 3.8) is 0 Å². The van der Waals surface area contributed by atoms with E-state index in [9.17, 15) is 4.79 Å². The number of hydrogen-bond donors (Lipinski definition) is 0. The summed E-state index contributed by atoms with van der Waals surface area (Å²) in [6.07, 6.45) is 2.46. The van der Waals surface area contributed by atoms with Crippen LogP contribution in [0.4, 0.5) is 5.69 Å². The molecule has 0 atom stereocenters. The highest BCUT2D eigenvalue weighted by atomic mass is 32.1. The zero-order valence-electron chi connectivity index (χ0n) is 15.6. The first kappa shape index (κ1) is 17.5. The van der Waals surface area contributed by atoms with Gasteiger partial charge in [-0.2, -0.15) is 0 Å². The molecule has 2 heterocycles. The molecule has 0 saturated heterocycles. The Morgan fingerprint density at radius 2 is 1.78 bits per heavy atom. The molecule has 5 heteroatoms. The van der Waals surface area contributed by atoms with Crippen LogP contribution >= 0.6 is 11.3 Å². The van der Waals surface area contributed by atoms with Gasteiger partial charge in [-0.3, -0.25) is 9.20 Å². The first-order valence-corrected chi connectivity index (χ1v) is 9.72. The van der Waals surface area contributed by atoms with Crippen molar-refractivity contribution in [2.75, 3.05) is 19.0 Å². The Bertz CT molecular complexity index is 1090. The van der Waals surface area contributed by atoms with Crippen molar-refractivity contribution < 1.29 is 4.79 Å². The minimum atomic E-state index is 0.131. The molecule has 0 bridgehead atoms. The largest absolute Gasteiger partial charge is 0.378 e. The van der Waals surface area contributed by atoms with Crippen LogP contribution in [0.2, 0.25) is 0 Å². The van der Waals surface area contributed by atoms with Gasteiger partial charge in [-0.15, -0.1) is 11.3 Å². The number of ketones is 1. The minimum absolute atomic E-state index is 0.131. The number of aryl methyl sites for hydroxylation is 1. The first-order valence-electron chi connectivity index (χ1n) is 8.84. The van der Waals surface area contributed by atoms with Gasteiger partial charge < -0.3 is 4.90 Å². The molecule has 2 aromatic carbocycles. The summed E-state index contributed by atoms with van der Waals surface area (Å²) in [6.45, 7) is 2.08. The van der Waals surface area contributed by atoms with Crippen LogP contribution in [0.25, 0.3) is 16.2 Å². The number of nitrogens with zero attached hydrogens (tertiary/aromatic N) is 3. The Hall–Kier alpha value is -2.92. The monoisotopic (exact) mass is 375 g/mol. The molecule has 4 rings (SSSR count). The number of rotatable bonds is 5. The van der Waals surface area contributed by atoms with Crippen LogP contribution in [0.5, 0.6) is 0 Å². The summed E-state index contributed by atoms with van der Waals surface area (Å²) in [7, 11) is 3.98. The summed E-state index contributed by atoms with van der Waals surface area (Å²) in [5, 5.41) is 2.10. The average molecular weight is 375 g/mol. The van der Waals surface area contributed by atoms with Gasteiger partial charge >= 0.3 is 0 Å². The summed E-state index contributed by atoms with van der Waals surface area (Å²) in [5.41, 5.74) is 6.06. The lowest BCUT2D eigenvalue weighted by atomic mass is 10.0.